The highest BCUT2D eigenvalue weighted by Crippen LogP contribution is 2.32. The van der Waals surface area contributed by atoms with Gasteiger partial charge in [0.05, 0.1) is 12.2 Å². The summed E-state index contributed by atoms with van der Waals surface area (Å²) in [6.45, 7) is 7.01. The molecule has 3 rings (SSSR count). The van der Waals surface area contributed by atoms with Crippen molar-refractivity contribution in [3.63, 3.8) is 0 Å². The van der Waals surface area contributed by atoms with Crippen LogP contribution in [-0.2, 0) is 9.53 Å². The minimum absolute atomic E-state index is 0.234. The number of carboxylic acid groups (broad SMARTS) is 1. The lowest BCUT2D eigenvalue weighted by atomic mass is 9.95. The summed E-state index contributed by atoms with van der Waals surface area (Å²) in [5.74, 6) is -0.863. The topological polar surface area (TPSA) is 71.0 Å². The second-order valence-corrected chi connectivity index (χ2v) is 7.35. The molecule has 0 aliphatic carbocycles. The number of fused-ring (bicyclic) bond motifs is 1. The van der Waals surface area contributed by atoms with E-state index in [-0.39, 0.29) is 11.7 Å². The number of nitrogens with zero attached hydrogens (tertiary/aromatic N) is 1. The van der Waals surface area contributed by atoms with E-state index in [1.807, 2.05) is 31.2 Å². The van der Waals surface area contributed by atoms with Crippen molar-refractivity contribution in [2.24, 2.45) is 0 Å². The van der Waals surface area contributed by atoms with Gasteiger partial charge in [-0.25, -0.2) is 9.18 Å². The summed E-state index contributed by atoms with van der Waals surface area (Å²) in [5, 5.41) is 12.7. The summed E-state index contributed by atoms with van der Waals surface area (Å²) < 4.78 is 24.3. The second kappa shape index (κ2) is 10.3. The number of carbonyl (C=O) groups is 1. The fraction of sp³-hybridized carbons (Fsp3) is 0.435. The number of benzene rings is 2. The van der Waals surface area contributed by atoms with Gasteiger partial charge in [0.2, 0.25) is 0 Å². The number of hydrogen-bond acceptors (Lipinski definition) is 5. The standard InChI is InChI=1S/C23H29FN2O4/c1-3-29-22(23(27)28)16(2)17-5-8-19(9-6-17)25-11-4-12-26-13-14-30-21-15-18(24)7-10-20(21)26/h5-10,15-16,22,25H,3-4,11-14H2,1-2H3,(H,27,28). The van der Waals surface area contributed by atoms with E-state index in [1.54, 1.807) is 13.0 Å². The van der Waals surface area contributed by atoms with Gasteiger partial charge >= 0.3 is 5.97 Å². The van der Waals surface area contributed by atoms with E-state index in [2.05, 4.69) is 10.2 Å². The summed E-state index contributed by atoms with van der Waals surface area (Å²) in [4.78, 5) is 13.6. The Morgan fingerprint density at radius 2 is 2.07 bits per heavy atom. The van der Waals surface area contributed by atoms with E-state index in [9.17, 15) is 14.3 Å². The van der Waals surface area contributed by atoms with Crippen LogP contribution in [0.2, 0.25) is 0 Å². The van der Waals surface area contributed by atoms with Gasteiger partial charge in [0.15, 0.2) is 6.10 Å². The van der Waals surface area contributed by atoms with E-state index < -0.39 is 12.1 Å². The molecule has 0 aromatic heterocycles. The Morgan fingerprint density at radius 1 is 1.30 bits per heavy atom. The Labute approximate surface area is 176 Å². The van der Waals surface area contributed by atoms with Gasteiger partial charge < -0.3 is 24.8 Å². The fourth-order valence-corrected chi connectivity index (χ4v) is 3.67. The van der Waals surface area contributed by atoms with E-state index in [4.69, 9.17) is 9.47 Å². The van der Waals surface area contributed by atoms with E-state index in [0.717, 1.165) is 43.0 Å². The maximum absolute atomic E-state index is 13.4. The molecule has 2 unspecified atom stereocenters. The van der Waals surface area contributed by atoms with Gasteiger partial charge in [0, 0.05) is 37.4 Å². The zero-order chi connectivity index (χ0) is 21.5. The van der Waals surface area contributed by atoms with Crippen molar-refractivity contribution in [2.75, 3.05) is 43.1 Å². The van der Waals surface area contributed by atoms with E-state index in [0.29, 0.717) is 19.0 Å². The SMILES string of the molecule is CCOC(C(=O)O)C(C)c1ccc(NCCCN2CCOc3cc(F)ccc32)cc1. The van der Waals surface area contributed by atoms with Crippen molar-refractivity contribution in [1.29, 1.82) is 0 Å². The Balaban J connectivity index is 1.49. The van der Waals surface area contributed by atoms with Crippen LogP contribution in [0.1, 0.15) is 31.7 Å². The van der Waals surface area contributed by atoms with Crippen LogP contribution in [-0.4, -0.2) is 50.0 Å². The van der Waals surface area contributed by atoms with Crippen LogP contribution >= 0.6 is 0 Å². The highest BCUT2D eigenvalue weighted by molar-refractivity contribution is 5.73. The maximum Gasteiger partial charge on any atom is 0.333 e. The molecule has 0 fully saturated rings. The van der Waals surface area contributed by atoms with Crippen LogP contribution in [0.15, 0.2) is 42.5 Å². The summed E-state index contributed by atoms with van der Waals surface area (Å²) in [7, 11) is 0. The van der Waals surface area contributed by atoms with Gasteiger partial charge in [0.25, 0.3) is 0 Å². The third-order valence-electron chi connectivity index (χ3n) is 5.30. The number of rotatable bonds is 10. The molecule has 1 heterocycles. The molecule has 0 saturated carbocycles. The molecule has 1 aliphatic heterocycles. The van der Waals surface area contributed by atoms with Crippen LogP contribution in [0.5, 0.6) is 5.75 Å². The first kappa shape index (κ1) is 21.9. The van der Waals surface area contributed by atoms with Gasteiger partial charge in [-0.3, -0.25) is 0 Å². The molecule has 2 aromatic rings. The average molecular weight is 416 g/mol. The zero-order valence-corrected chi connectivity index (χ0v) is 17.4. The van der Waals surface area contributed by atoms with Gasteiger partial charge in [-0.2, -0.15) is 0 Å². The molecule has 2 aromatic carbocycles. The summed E-state index contributed by atoms with van der Waals surface area (Å²) in [5.41, 5.74) is 2.85. The minimum atomic E-state index is -0.945. The summed E-state index contributed by atoms with van der Waals surface area (Å²) >= 11 is 0. The molecule has 6 nitrogen and oxygen atoms in total. The van der Waals surface area contributed by atoms with Crippen molar-refractivity contribution in [1.82, 2.24) is 0 Å². The predicted octanol–water partition coefficient (Wildman–Crippen LogP) is 4.12. The van der Waals surface area contributed by atoms with Crippen LogP contribution in [0.4, 0.5) is 15.8 Å². The van der Waals surface area contributed by atoms with Gasteiger partial charge in [-0.1, -0.05) is 19.1 Å². The Kier molecular flexibility index (Phi) is 7.52. The number of aliphatic carboxylic acids is 1. The molecule has 30 heavy (non-hydrogen) atoms. The monoisotopic (exact) mass is 416 g/mol. The number of anilines is 2. The molecule has 162 valence electrons. The molecule has 2 atom stereocenters. The van der Waals surface area contributed by atoms with Crippen molar-refractivity contribution < 1.29 is 23.8 Å². The Morgan fingerprint density at radius 3 is 2.77 bits per heavy atom. The highest BCUT2D eigenvalue weighted by atomic mass is 19.1. The number of nitrogens with one attached hydrogen (secondary N) is 1. The molecular formula is C23H29FN2O4. The van der Waals surface area contributed by atoms with E-state index in [1.165, 1.54) is 12.1 Å². The van der Waals surface area contributed by atoms with Crippen LogP contribution in [0.3, 0.4) is 0 Å². The van der Waals surface area contributed by atoms with Crippen molar-refractivity contribution in [3.05, 3.63) is 53.8 Å². The Bertz CT molecular complexity index is 844. The number of halogens is 1. The minimum Gasteiger partial charge on any atom is -0.489 e. The van der Waals surface area contributed by atoms with Gasteiger partial charge in [-0.15, -0.1) is 0 Å². The molecule has 0 amide bonds. The Hall–Kier alpha value is -2.80. The van der Waals surface area contributed by atoms with Crippen molar-refractivity contribution in [3.8, 4) is 5.75 Å². The van der Waals surface area contributed by atoms with Crippen LogP contribution in [0, 0.1) is 5.82 Å². The first-order valence-corrected chi connectivity index (χ1v) is 10.3. The lowest BCUT2D eigenvalue weighted by molar-refractivity contribution is -0.151. The second-order valence-electron chi connectivity index (χ2n) is 7.35. The third kappa shape index (κ3) is 5.42. The highest BCUT2D eigenvalue weighted by Gasteiger charge is 2.26. The predicted molar refractivity (Wildman–Crippen MR) is 115 cm³/mol. The molecule has 0 radical (unpaired) electrons. The normalized spacial score (nSPS) is 15.1. The van der Waals surface area contributed by atoms with Gasteiger partial charge in [-0.05, 0) is 43.2 Å². The quantitative estimate of drug-likeness (QED) is 0.568. The van der Waals surface area contributed by atoms with Crippen molar-refractivity contribution >= 4 is 17.3 Å². The van der Waals surface area contributed by atoms with Crippen LogP contribution < -0.4 is 15.0 Å². The lowest BCUT2D eigenvalue weighted by Gasteiger charge is -2.31. The van der Waals surface area contributed by atoms with Crippen LogP contribution in [0.25, 0.3) is 0 Å². The summed E-state index contributed by atoms with van der Waals surface area (Å²) in [6.07, 6.45) is 0.0686. The number of hydrogen-bond donors (Lipinski definition) is 2. The fourth-order valence-electron chi connectivity index (χ4n) is 3.67. The smallest absolute Gasteiger partial charge is 0.333 e. The van der Waals surface area contributed by atoms with Gasteiger partial charge in [0.1, 0.15) is 18.2 Å². The van der Waals surface area contributed by atoms with Crippen molar-refractivity contribution in [2.45, 2.75) is 32.3 Å². The molecule has 0 spiro atoms. The summed E-state index contributed by atoms with van der Waals surface area (Å²) in [6, 6.07) is 12.5. The largest absolute Gasteiger partial charge is 0.489 e. The van der Waals surface area contributed by atoms with E-state index >= 15 is 0 Å². The molecular weight excluding hydrogens is 387 g/mol. The molecule has 0 bridgehead atoms. The third-order valence-corrected chi connectivity index (χ3v) is 5.30. The first-order valence-electron chi connectivity index (χ1n) is 10.3. The molecule has 1 aliphatic rings. The number of ether oxygens (including phenoxy) is 2. The lowest BCUT2D eigenvalue weighted by Crippen LogP contribution is -2.34. The molecule has 2 N–H and O–H groups in total. The first-order chi connectivity index (χ1) is 14.5. The molecule has 0 saturated heterocycles. The zero-order valence-electron chi connectivity index (χ0n) is 17.4. The number of carboxylic acids is 1. The maximum atomic E-state index is 13.4. The molecule has 7 heteroatoms. The average Bonchev–Trinajstić information content (AvgIpc) is 2.74.